The zero-order valence-corrected chi connectivity index (χ0v) is 19.6. The molecule has 0 unspecified atom stereocenters. The van der Waals surface area contributed by atoms with Gasteiger partial charge in [0.1, 0.15) is 23.7 Å². The van der Waals surface area contributed by atoms with E-state index in [0.717, 1.165) is 48.4 Å². The molecule has 0 saturated carbocycles. The van der Waals surface area contributed by atoms with Gasteiger partial charge in [0.15, 0.2) is 5.96 Å². The van der Waals surface area contributed by atoms with Crippen molar-refractivity contribution in [1.82, 2.24) is 25.0 Å². The van der Waals surface area contributed by atoms with E-state index in [9.17, 15) is 0 Å². The fourth-order valence-electron chi connectivity index (χ4n) is 2.79. The summed E-state index contributed by atoms with van der Waals surface area (Å²) in [5, 5.41) is 11.4. The number of aromatic nitrogens is 3. The first-order valence-electron chi connectivity index (χ1n) is 9.19. The van der Waals surface area contributed by atoms with Gasteiger partial charge in [-0.05, 0) is 19.1 Å². The largest absolute Gasteiger partial charge is 0.497 e. The lowest BCUT2D eigenvalue weighted by Gasteiger charge is -2.23. The van der Waals surface area contributed by atoms with Crippen molar-refractivity contribution in [2.24, 2.45) is 4.99 Å². The minimum absolute atomic E-state index is 0. The van der Waals surface area contributed by atoms with Gasteiger partial charge in [-0.1, -0.05) is 6.92 Å². The number of guanidine groups is 1. The van der Waals surface area contributed by atoms with E-state index < -0.39 is 0 Å². The molecule has 9 heteroatoms. The number of halogens is 1. The fourth-order valence-corrected chi connectivity index (χ4v) is 2.79. The number of benzene rings is 1. The third kappa shape index (κ3) is 6.54. The smallest absolute Gasteiger partial charge is 0.194 e. The molecule has 1 heterocycles. The van der Waals surface area contributed by atoms with Crippen LogP contribution in [0.2, 0.25) is 0 Å². The Hall–Kier alpha value is -2.04. The molecule has 0 spiro atoms. The fraction of sp³-hybridized carbons (Fsp3) is 0.526. The van der Waals surface area contributed by atoms with Crippen molar-refractivity contribution < 1.29 is 9.47 Å². The summed E-state index contributed by atoms with van der Waals surface area (Å²) in [4.78, 5) is 6.82. The Bertz CT molecular complexity index is 750. The van der Waals surface area contributed by atoms with Crippen molar-refractivity contribution in [3.8, 4) is 11.5 Å². The molecule has 0 fully saturated rings. The van der Waals surface area contributed by atoms with Crippen molar-refractivity contribution >= 4 is 29.9 Å². The molecule has 0 radical (unpaired) electrons. The summed E-state index contributed by atoms with van der Waals surface area (Å²) in [5.74, 6) is 3.40. The van der Waals surface area contributed by atoms with E-state index in [4.69, 9.17) is 14.5 Å². The first kappa shape index (κ1) is 24.0. The minimum atomic E-state index is 0. The van der Waals surface area contributed by atoms with Crippen molar-refractivity contribution in [3.05, 3.63) is 35.9 Å². The number of methoxy groups -OCH3 is 2. The van der Waals surface area contributed by atoms with Crippen LogP contribution in [-0.2, 0) is 19.5 Å². The minimum Gasteiger partial charge on any atom is -0.497 e. The molecule has 2 rings (SSSR count). The van der Waals surface area contributed by atoms with E-state index in [1.165, 1.54) is 0 Å². The summed E-state index contributed by atoms with van der Waals surface area (Å²) >= 11 is 0. The lowest BCUT2D eigenvalue weighted by molar-refractivity contribution is 0.382. The number of rotatable bonds is 9. The number of ether oxygens (including phenoxy) is 2. The molecule has 1 aromatic heterocycles. The molecule has 156 valence electrons. The van der Waals surface area contributed by atoms with Crippen LogP contribution in [0.1, 0.15) is 25.2 Å². The average molecular weight is 502 g/mol. The van der Waals surface area contributed by atoms with Crippen LogP contribution in [0.15, 0.2) is 29.5 Å². The molecule has 0 aliphatic rings. The SMILES string of the molecule is CCNC(=NCCn1cnnc1CC)N(C)Cc1ccc(OC)cc1OC.I. The van der Waals surface area contributed by atoms with Gasteiger partial charge in [-0.2, -0.15) is 0 Å². The maximum atomic E-state index is 5.50. The Kier molecular flexibility index (Phi) is 10.6. The standard InChI is InChI=1S/C19H30N6O2.HI/c1-6-18-23-22-14-25(18)11-10-21-19(20-7-2)24(3)13-15-8-9-16(26-4)12-17(15)27-5;/h8-9,12,14H,6-7,10-11,13H2,1-5H3,(H,20,21);1H. The Morgan fingerprint density at radius 2 is 2.04 bits per heavy atom. The number of nitrogens with one attached hydrogen (secondary N) is 1. The second kappa shape index (κ2) is 12.4. The molecule has 8 nitrogen and oxygen atoms in total. The van der Waals surface area contributed by atoms with Gasteiger partial charge in [-0.15, -0.1) is 34.2 Å². The number of aryl methyl sites for hydroxylation is 1. The summed E-state index contributed by atoms with van der Waals surface area (Å²) in [5.41, 5.74) is 1.07. The highest BCUT2D eigenvalue weighted by Crippen LogP contribution is 2.25. The van der Waals surface area contributed by atoms with Crippen molar-refractivity contribution in [2.45, 2.75) is 33.4 Å². The zero-order chi connectivity index (χ0) is 19.6. The zero-order valence-electron chi connectivity index (χ0n) is 17.3. The van der Waals surface area contributed by atoms with Crippen LogP contribution >= 0.6 is 24.0 Å². The quantitative estimate of drug-likeness (QED) is 0.323. The van der Waals surface area contributed by atoms with Gasteiger partial charge in [-0.3, -0.25) is 4.99 Å². The Morgan fingerprint density at radius 1 is 1.25 bits per heavy atom. The predicted octanol–water partition coefficient (Wildman–Crippen LogP) is 2.57. The van der Waals surface area contributed by atoms with Crippen LogP contribution in [0.4, 0.5) is 0 Å². The van der Waals surface area contributed by atoms with Gasteiger partial charge in [0.05, 0.1) is 20.8 Å². The van der Waals surface area contributed by atoms with E-state index in [1.54, 1.807) is 20.5 Å². The number of hydrogen-bond donors (Lipinski definition) is 1. The highest BCUT2D eigenvalue weighted by atomic mass is 127. The number of aliphatic imine (C=N–C) groups is 1. The Morgan fingerprint density at radius 3 is 2.68 bits per heavy atom. The normalized spacial score (nSPS) is 11.0. The van der Waals surface area contributed by atoms with Crippen LogP contribution in [0.3, 0.4) is 0 Å². The van der Waals surface area contributed by atoms with E-state index >= 15 is 0 Å². The molecular formula is C19H31IN6O2. The third-order valence-corrected chi connectivity index (χ3v) is 4.21. The van der Waals surface area contributed by atoms with Crippen LogP contribution in [0, 0.1) is 0 Å². The highest BCUT2D eigenvalue weighted by molar-refractivity contribution is 14.0. The summed E-state index contributed by atoms with van der Waals surface area (Å²) in [6.45, 7) is 7.01. The maximum Gasteiger partial charge on any atom is 0.194 e. The Balaban J connectivity index is 0.00000392. The van der Waals surface area contributed by atoms with Crippen molar-refractivity contribution in [3.63, 3.8) is 0 Å². The van der Waals surface area contributed by atoms with Gasteiger partial charge < -0.3 is 24.3 Å². The number of hydrogen-bond acceptors (Lipinski definition) is 5. The summed E-state index contributed by atoms with van der Waals surface area (Å²) in [6, 6.07) is 5.85. The van der Waals surface area contributed by atoms with Crippen LogP contribution in [-0.4, -0.2) is 60.0 Å². The lowest BCUT2D eigenvalue weighted by atomic mass is 10.2. The summed E-state index contributed by atoms with van der Waals surface area (Å²) in [7, 11) is 5.33. The van der Waals surface area contributed by atoms with Gasteiger partial charge in [0, 0.05) is 44.7 Å². The van der Waals surface area contributed by atoms with E-state index in [-0.39, 0.29) is 24.0 Å². The molecule has 0 aliphatic heterocycles. The third-order valence-electron chi connectivity index (χ3n) is 4.21. The van der Waals surface area contributed by atoms with E-state index in [0.29, 0.717) is 13.1 Å². The van der Waals surface area contributed by atoms with E-state index in [2.05, 4.69) is 34.3 Å². The highest BCUT2D eigenvalue weighted by Gasteiger charge is 2.11. The molecule has 2 aromatic rings. The molecule has 0 bridgehead atoms. The second-order valence-corrected chi connectivity index (χ2v) is 6.06. The molecule has 1 N–H and O–H groups in total. The van der Waals surface area contributed by atoms with Gasteiger partial charge in [-0.25, -0.2) is 0 Å². The first-order valence-corrected chi connectivity index (χ1v) is 9.19. The van der Waals surface area contributed by atoms with Crippen molar-refractivity contribution in [1.29, 1.82) is 0 Å². The van der Waals surface area contributed by atoms with Crippen LogP contribution < -0.4 is 14.8 Å². The molecule has 0 saturated heterocycles. The topological polar surface area (TPSA) is 76.8 Å². The summed E-state index contributed by atoms with van der Waals surface area (Å²) < 4.78 is 12.8. The van der Waals surface area contributed by atoms with Gasteiger partial charge in [0.2, 0.25) is 0 Å². The van der Waals surface area contributed by atoms with Crippen molar-refractivity contribution in [2.75, 3.05) is 34.4 Å². The first-order chi connectivity index (χ1) is 13.1. The second-order valence-electron chi connectivity index (χ2n) is 6.06. The lowest BCUT2D eigenvalue weighted by Crippen LogP contribution is -2.38. The summed E-state index contributed by atoms with van der Waals surface area (Å²) in [6.07, 6.45) is 2.62. The molecule has 0 atom stereocenters. The average Bonchev–Trinajstić information content (AvgIpc) is 3.15. The van der Waals surface area contributed by atoms with Crippen LogP contribution in [0.25, 0.3) is 0 Å². The molecular weight excluding hydrogens is 471 g/mol. The molecule has 1 aromatic carbocycles. The predicted molar refractivity (Wildman–Crippen MR) is 122 cm³/mol. The Labute approximate surface area is 184 Å². The molecule has 0 amide bonds. The van der Waals surface area contributed by atoms with Crippen LogP contribution in [0.5, 0.6) is 11.5 Å². The molecule has 28 heavy (non-hydrogen) atoms. The number of nitrogens with zero attached hydrogens (tertiary/aromatic N) is 5. The monoisotopic (exact) mass is 502 g/mol. The molecule has 0 aliphatic carbocycles. The van der Waals surface area contributed by atoms with Gasteiger partial charge >= 0.3 is 0 Å². The maximum absolute atomic E-state index is 5.50. The van der Waals surface area contributed by atoms with Gasteiger partial charge in [0.25, 0.3) is 0 Å². The van der Waals surface area contributed by atoms with E-state index in [1.807, 2.05) is 29.8 Å².